The van der Waals surface area contributed by atoms with Crippen LogP contribution in [0.25, 0.3) is 0 Å². The van der Waals surface area contributed by atoms with Crippen LogP contribution >= 0.6 is 0 Å². The fraction of sp³-hybridized carbons (Fsp3) is 0.947. The van der Waals surface area contributed by atoms with E-state index in [1.165, 1.54) is 51.7 Å². The minimum atomic E-state index is -2.23. The molecule has 2 heterocycles. The monoisotopic (exact) mass is 373 g/mol. The van der Waals surface area contributed by atoms with Crippen LogP contribution in [-0.2, 0) is 0 Å². The Morgan fingerprint density at radius 1 is 1.00 bits per heavy atom. The highest BCUT2D eigenvalue weighted by molar-refractivity contribution is 5.79. The van der Waals surface area contributed by atoms with Crippen molar-refractivity contribution in [1.29, 1.82) is 0 Å². The minimum Gasteiger partial charge on any atom is -0.356 e. The van der Waals surface area contributed by atoms with E-state index in [1.54, 1.807) is 7.05 Å². The summed E-state index contributed by atoms with van der Waals surface area (Å²) in [6.07, 6.45) is 7.35. The molecule has 152 valence electrons. The number of alkyl halides is 2. The quantitative estimate of drug-likeness (QED) is 0.370. The Hall–Kier alpha value is -0.950. The van der Waals surface area contributed by atoms with Crippen LogP contribution in [0.5, 0.6) is 0 Å². The number of halogens is 2. The third-order valence-corrected chi connectivity index (χ3v) is 5.44. The molecule has 0 amide bonds. The van der Waals surface area contributed by atoms with E-state index in [9.17, 15) is 8.78 Å². The summed E-state index contributed by atoms with van der Waals surface area (Å²) in [5.74, 6) is 0.841. The topological polar surface area (TPSA) is 42.9 Å². The molecule has 0 unspecified atom stereocenters. The SMILES string of the molecule is CN=C(NCCCCCN1CCCCC1)NC1CCN(CC(F)F)CC1. The lowest BCUT2D eigenvalue weighted by Gasteiger charge is -2.32. The lowest BCUT2D eigenvalue weighted by atomic mass is 10.1. The first-order valence-corrected chi connectivity index (χ1v) is 10.4. The molecule has 0 radical (unpaired) electrons. The van der Waals surface area contributed by atoms with Crippen LogP contribution in [0.2, 0.25) is 0 Å². The molecule has 26 heavy (non-hydrogen) atoms. The number of likely N-dealkylation sites (tertiary alicyclic amines) is 2. The van der Waals surface area contributed by atoms with Crippen molar-refractivity contribution >= 4 is 5.96 Å². The third kappa shape index (κ3) is 8.62. The zero-order valence-corrected chi connectivity index (χ0v) is 16.4. The Morgan fingerprint density at radius 3 is 2.38 bits per heavy atom. The Morgan fingerprint density at radius 2 is 1.73 bits per heavy atom. The van der Waals surface area contributed by atoms with Gasteiger partial charge in [0.15, 0.2) is 5.96 Å². The first kappa shape index (κ1) is 21.4. The summed E-state index contributed by atoms with van der Waals surface area (Å²) in [6, 6.07) is 0.328. The summed E-state index contributed by atoms with van der Waals surface area (Å²) in [4.78, 5) is 8.74. The highest BCUT2D eigenvalue weighted by Crippen LogP contribution is 2.12. The van der Waals surface area contributed by atoms with Gasteiger partial charge < -0.3 is 15.5 Å². The van der Waals surface area contributed by atoms with Crippen LogP contribution in [0, 0.1) is 0 Å². The summed E-state index contributed by atoms with van der Waals surface area (Å²) < 4.78 is 24.9. The van der Waals surface area contributed by atoms with Gasteiger partial charge in [-0.1, -0.05) is 12.8 Å². The number of hydrogen-bond acceptors (Lipinski definition) is 3. The molecule has 0 aromatic rings. The fourth-order valence-electron chi connectivity index (χ4n) is 3.87. The van der Waals surface area contributed by atoms with Crippen LogP contribution in [-0.4, -0.2) is 81.1 Å². The van der Waals surface area contributed by atoms with Crippen molar-refractivity contribution in [1.82, 2.24) is 20.4 Å². The molecule has 0 aliphatic carbocycles. The van der Waals surface area contributed by atoms with Crippen LogP contribution in [0.4, 0.5) is 8.78 Å². The molecule has 2 N–H and O–H groups in total. The van der Waals surface area contributed by atoms with Crippen LogP contribution in [0.3, 0.4) is 0 Å². The van der Waals surface area contributed by atoms with Gasteiger partial charge in [0.2, 0.25) is 0 Å². The van der Waals surface area contributed by atoms with Gasteiger partial charge in [0.1, 0.15) is 0 Å². The molecular weight excluding hydrogens is 336 g/mol. The largest absolute Gasteiger partial charge is 0.356 e. The fourth-order valence-corrected chi connectivity index (χ4v) is 3.87. The molecule has 0 atom stereocenters. The number of unbranched alkanes of at least 4 members (excludes halogenated alkanes) is 2. The Bertz CT molecular complexity index is 391. The van der Waals surface area contributed by atoms with Crippen molar-refractivity contribution in [3.8, 4) is 0 Å². The zero-order chi connectivity index (χ0) is 18.6. The van der Waals surface area contributed by atoms with E-state index >= 15 is 0 Å². The first-order chi connectivity index (χ1) is 12.7. The van der Waals surface area contributed by atoms with Crippen LogP contribution in [0.15, 0.2) is 4.99 Å². The summed E-state index contributed by atoms with van der Waals surface area (Å²) in [6.45, 7) is 6.10. The van der Waals surface area contributed by atoms with Crippen molar-refractivity contribution < 1.29 is 8.78 Å². The summed E-state index contributed by atoms with van der Waals surface area (Å²) in [5.41, 5.74) is 0. The Balaban J connectivity index is 1.50. The molecule has 5 nitrogen and oxygen atoms in total. The molecule has 2 aliphatic rings. The second-order valence-corrected chi connectivity index (χ2v) is 7.57. The van der Waals surface area contributed by atoms with Crippen LogP contribution in [0.1, 0.15) is 51.4 Å². The van der Waals surface area contributed by atoms with Crippen molar-refractivity contribution in [3.05, 3.63) is 0 Å². The van der Waals surface area contributed by atoms with Gasteiger partial charge in [0.25, 0.3) is 6.43 Å². The molecule has 0 aromatic heterocycles. The van der Waals surface area contributed by atoms with Gasteiger partial charge in [0.05, 0.1) is 6.54 Å². The smallest absolute Gasteiger partial charge is 0.251 e. The predicted octanol–water partition coefficient (Wildman–Crippen LogP) is 2.54. The molecule has 0 saturated carbocycles. The number of aliphatic imine (C=N–C) groups is 1. The summed E-state index contributed by atoms with van der Waals surface area (Å²) in [5, 5.41) is 6.83. The van der Waals surface area contributed by atoms with Crippen LogP contribution < -0.4 is 10.6 Å². The molecule has 2 rings (SSSR count). The standard InChI is InChI=1S/C19H37F2N5/c1-22-19(24-17-8-14-26(15-9-17)16-18(20)21)23-10-4-2-5-11-25-12-6-3-7-13-25/h17-18H,2-16H2,1H3,(H2,22,23,24). The lowest BCUT2D eigenvalue weighted by Crippen LogP contribution is -2.49. The maximum Gasteiger partial charge on any atom is 0.251 e. The van der Waals surface area contributed by atoms with Crippen molar-refractivity contribution in [2.24, 2.45) is 4.99 Å². The van der Waals surface area contributed by atoms with Gasteiger partial charge in [0, 0.05) is 32.7 Å². The number of piperidine rings is 2. The molecule has 2 fully saturated rings. The number of nitrogens with one attached hydrogen (secondary N) is 2. The van der Waals surface area contributed by atoms with E-state index in [4.69, 9.17) is 0 Å². The second-order valence-electron chi connectivity index (χ2n) is 7.57. The molecule has 7 heteroatoms. The predicted molar refractivity (Wildman–Crippen MR) is 104 cm³/mol. The average Bonchev–Trinajstić information content (AvgIpc) is 2.65. The van der Waals surface area contributed by atoms with E-state index in [0.717, 1.165) is 44.9 Å². The van der Waals surface area contributed by atoms with Gasteiger partial charge in [-0.2, -0.15) is 0 Å². The molecule has 0 spiro atoms. The molecule has 2 saturated heterocycles. The number of rotatable bonds is 9. The van der Waals surface area contributed by atoms with Crippen molar-refractivity contribution in [2.45, 2.75) is 63.8 Å². The van der Waals surface area contributed by atoms with E-state index < -0.39 is 6.43 Å². The van der Waals surface area contributed by atoms with Gasteiger partial charge in [-0.05, 0) is 58.2 Å². The maximum absolute atomic E-state index is 12.4. The minimum absolute atomic E-state index is 0.100. The van der Waals surface area contributed by atoms with Crippen molar-refractivity contribution in [2.75, 3.05) is 52.9 Å². The molecule has 0 aromatic carbocycles. The second kappa shape index (κ2) is 12.4. The Kier molecular flexibility index (Phi) is 10.2. The van der Waals surface area contributed by atoms with Crippen molar-refractivity contribution in [3.63, 3.8) is 0 Å². The zero-order valence-electron chi connectivity index (χ0n) is 16.4. The maximum atomic E-state index is 12.4. The van der Waals surface area contributed by atoms with Gasteiger partial charge >= 0.3 is 0 Å². The van der Waals surface area contributed by atoms with E-state index in [1.807, 2.05) is 4.90 Å². The average molecular weight is 374 g/mol. The highest BCUT2D eigenvalue weighted by atomic mass is 19.3. The van der Waals surface area contributed by atoms with Gasteiger partial charge in [-0.3, -0.25) is 9.89 Å². The summed E-state index contributed by atoms with van der Waals surface area (Å²) >= 11 is 0. The highest BCUT2D eigenvalue weighted by Gasteiger charge is 2.21. The molecule has 0 bridgehead atoms. The number of hydrogen-bond donors (Lipinski definition) is 2. The normalized spacial score (nSPS) is 21.3. The third-order valence-electron chi connectivity index (χ3n) is 5.44. The molecule has 2 aliphatic heterocycles. The Labute approximate surface area is 157 Å². The number of nitrogens with zero attached hydrogens (tertiary/aromatic N) is 3. The summed E-state index contributed by atoms with van der Waals surface area (Å²) in [7, 11) is 1.79. The van der Waals surface area contributed by atoms with Gasteiger partial charge in [-0.25, -0.2) is 8.78 Å². The van der Waals surface area contributed by atoms with E-state index in [-0.39, 0.29) is 6.54 Å². The first-order valence-electron chi connectivity index (χ1n) is 10.4. The number of guanidine groups is 1. The lowest BCUT2D eigenvalue weighted by molar-refractivity contribution is 0.0744. The van der Waals surface area contributed by atoms with Gasteiger partial charge in [-0.15, -0.1) is 0 Å². The molecular formula is C19H37F2N5. The van der Waals surface area contributed by atoms with E-state index in [2.05, 4.69) is 20.5 Å². The van der Waals surface area contributed by atoms with E-state index in [0.29, 0.717) is 6.04 Å².